The predicted molar refractivity (Wildman–Crippen MR) is 62.6 cm³/mol. The molecule has 3 N–H and O–H groups in total. The van der Waals surface area contributed by atoms with Gasteiger partial charge in [-0.25, -0.2) is 0 Å². The molecule has 0 atom stereocenters. The molecule has 96 valence electrons. The molecule has 1 rings (SSSR count). The quantitative estimate of drug-likeness (QED) is 0.787. The fourth-order valence-electron chi connectivity index (χ4n) is 1.26. The van der Waals surface area contributed by atoms with E-state index in [2.05, 4.69) is 10.5 Å². The van der Waals surface area contributed by atoms with E-state index in [4.69, 9.17) is 15.0 Å². The van der Waals surface area contributed by atoms with Crippen LogP contribution in [0.4, 0.5) is 0 Å². The molecular formula is C11H19N3O3. The van der Waals surface area contributed by atoms with Gasteiger partial charge in [-0.3, -0.25) is 4.79 Å². The molecular weight excluding hydrogens is 222 g/mol. The SMILES string of the molecule is COCc1onc(C(=O)NC(C)(C)CN)c1C. The Bertz CT molecular complexity index is 399. The largest absolute Gasteiger partial charge is 0.377 e. The molecule has 0 saturated heterocycles. The van der Waals surface area contributed by atoms with E-state index in [9.17, 15) is 4.79 Å². The molecule has 0 aliphatic heterocycles. The Morgan fingerprint density at radius 3 is 2.76 bits per heavy atom. The minimum atomic E-state index is -0.468. The standard InChI is InChI=1S/C11H19N3O3/c1-7-8(5-16-4)17-14-9(7)10(15)13-11(2,3)6-12/h5-6,12H2,1-4H3,(H,13,15). The van der Waals surface area contributed by atoms with Crippen LogP contribution in [0.1, 0.15) is 35.7 Å². The molecule has 0 unspecified atom stereocenters. The lowest BCUT2D eigenvalue weighted by Gasteiger charge is -2.23. The zero-order valence-electron chi connectivity index (χ0n) is 10.7. The third-order valence-corrected chi connectivity index (χ3v) is 2.47. The molecule has 1 amide bonds. The fraction of sp³-hybridized carbons (Fsp3) is 0.636. The number of hydrogen-bond acceptors (Lipinski definition) is 5. The molecule has 0 aliphatic carbocycles. The Labute approximate surface area is 100 Å². The maximum Gasteiger partial charge on any atom is 0.274 e. The number of ether oxygens (including phenoxy) is 1. The zero-order valence-corrected chi connectivity index (χ0v) is 10.7. The van der Waals surface area contributed by atoms with Crippen molar-refractivity contribution in [2.75, 3.05) is 13.7 Å². The number of nitrogens with zero attached hydrogens (tertiary/aromatic N) is 1. The summed E-state index contributed by atoms with van der Waals surface area (Å²) in [7, 11) is 1.55. The van der Waals surface area contributed by atoms with Gasteiger partial charge in [0.15, 0.2) is 11.5 Å². The van der Waals surface area contributed by atoms with Gasteiger partial charge in [-0.15, -0.1) is 0 Å². The van der Waals surface area contributed by atoms with Gasteiger partial charge in [-0.2, -0.15) is 0 Å². The number of aromatic nitrogens is 1. The lowest BCUT2D eigenvalue weighted by Crippen LogP contribution is -2.49. The van der Waals surface area contributed by atoms with Gasteiger partial charge in [0.2, 0.25) is 0 Å². The predicted octanol–water partition coefficient (Wildman–Crippen LogP) is 0.597. The molecule has 0 aliphatic rings. The highest BCUT2D eigenvalue weighted by atomic mass is 16.5. The molecule has 0 saturated carbocycles. The van der Waals surface area contributed by atoms with Gasteiger partial charge < -0.3 is 20.3 Å². The van der Waals surface area contributed by atoms with Crippen molar-refractivity contribution < 1.29 is 14.1 Å². The normalized spacial score (nSPS) is 11.6. The van der Waals surface area contributed by atoms with E-state index in [-0.39, 0.29) is 11.6 Å². The number of carbonyl (C=O) groups excluding carboxylic acids is 1. The van der Waals surface area contributed by atoms with Crippen molar-refractivity contribution in [1.29, 1.82) is 0 Å². The summed E-state index contributed by atoms with van der Waals surface area (Å²) in [4.78, 5) is 11.9. The van der Waals surface area contributed by atoms with E-state index in [0.29, 0.717) is 24.5 Å². The lowest BCUT2D eigenvalue weighted by molar-refractivity contribution is 0.0905. The van der Waals surface area contributed by atoms with Gasteiger partial charge in [0, 0.05) is 24.8 Å². The Balaban J connectivity index is 2.83. The summed E-state index contributed by atoms with van der Waals surface area (Å²) < 4.78 is 9.98. The average molecular weight is 241 g/mol. The molecule has 0 fully saturated rings. The third kappa shape index (κ3) is 3.28. The van der Waals surface area contributed by atoms with Crippen molar-refractivity contribution in [3.63, 3.8) is 0 Å². The number of nitrogens with one attached hydrogen (secondary N) is 1. The number of nitrogens with two attached hydrogens (primary N) is 1. The van der Waals surface area contributed by atoms with Crippen molar-refractivity contribution in [3.8, 4) is 0 Å². The van der Waals surface area contributed by atoms with Gasteiger partial charge >= 0.3 is 0 Å². The fourth-order valence-corrected chi connectivity index (χ4v) is 1.26. The van der Waals surface area contributed by atoms with Crippen molar-refractivity contribution >= 4 is 5.91 Å². The van der Waals surface area contributed by atoms with Crippen LogP contribution in [0, 0.1) is 6.92 Å². The maximum absolute atomic E-state index is 11.9. The summed E-state index contributed by atoms with van der Waals surface area (Å²) in [5.41, 5.74) is 6.04. The Hall–Kier alpha value is -1.40. The molecule has 0 spiro atoms. The number of carbonyl (C=O) groups is 1. The summed E-state index contributed by atoms with van der Waals surface area (Å²) in [5, 5.41) is 6.54. The summed E-state index contributed by atoms with van der Waals surface area (Å²) >= 11 is 0. The first-order valence-electron chi connectivity index (χ1n) is 5.38. The summed E-state index contributed by atoms with van der Waals surface area (Å²) in [6, 6.07) is 0. The van der Waals surface area contributed by atoms with Crippen LogP contribution in [-0.4, -0.2) is 30.3 Å². The number of hydrogen-bond donors (Lipinski definition) is 2. The second kappa shape index (κ2) is 5.29. The second-order valence-corrected chi connectivity index (χ2v) is 4.55. The van der Waals surface area contributed by atoms with E-state index in [1.807, 2.05) is 13.8 Å². The Morgan fingerprint density at radius 2 is 2.24 bits per heavy atom. The van der Waals surface area contributed by atoms with Crippen molar-refractivity contribution in [2.45, 2.75) is 32.9 Å². The van der Waals surface area contributed by atoms with Gasteiger partial charge in [-0.05, 0) is 20.8 Å². The molecule has 1 aromatic heterocycles. The van der Waals surface area contributed by atoms with E-state index >= 15 is 0 Å². The highest BCUT2D eigenvalue weighted by Crippen LogP contribution is 2.14. The summed E-state index contributed by atoms with van der Waals surface area (Å²) in [6.45, 7) is 6.11. The Morgan fingerprint density at radius 1 is 1.59 bits per heavy atom. The number of amides is 1. The molecule has 6 nitrogen and oxygen atoms in total. The number of methoxy groups -OCH3 is 1. The molecule has 1 heterocycles. The third-order valence-electron chi connectivity index (χ3n) is 2.47. The van der Waals surface area contributed by atoms with E-state index in [1.165, 1.54) is 0 Å². The van der Waals surface area contributed by atoms with Crippen LogP contribution >= 0.6 is 0 Å². The van der Waals surface area contributed by atoms with Crippen LogP contribution in [0.3, 0.4) is 0 Å². The van der Waals surface area contributed by atoms with Gasteiger partial charge in [0.25, 0.3) is 5.91 Å². The second-order valence-electron chi connectivity index (χ2n) is 4.55. The molecule has 6 heteroatoms. The molecule has 0 aromatic carbocycles. The molecule has 17 heavy (non-hydrogen) atoms. The minimum Gasteiger partial charge on any atom is -0.377 e. The highest BCUT2D eigenvalue weighted by Gasteiger charge is 2.24. The van der Waals surface area contributed by atoms with Crippen LogP contribution in [-0.2, 0) is 11.3 Å². The summed E-state index contributed by atoms with van der Waals surface area (Å²) in [6.07, 6.45) is 0. The molecule has 0 radical (unpaired) electrons. The Kier molecular flexibility index (Phi) is 4.25. The van der Waals surface area contributed by atoms with Crippen LogP contribution in [0.2, 0.25) is 0 Å². The molecule has 0 bridgehead atoms. The van der Waals surface area contributed by atoms with Crippen molar-refractivity contribution in [1.82, 2.24) is 10.5 Å². The van der Waals surface area contributed by atoms with Crippen molar-refractivity contribution in [3.05, 3.63) is 17.0 Å². The van der Waals surface area contributed by atoms with Crippen LogP contribution in [0.25, 0.3) is 0 Å². The highest BCUT2D eigenvalue weighted by molar-refractivity contribution is 5.94. The smallest absolute Gasteiger partial charge is 0.274 e. The van der Waals surface area contributed by atoms with Crippen molar-refractivity contribution in [2.24, 2.45) is 5.73 Å². The van der Waals surface area contributed by atoms with Gasteiger partial charge in [0.05, 0.1) is 0 Å². The minimum absolute atomic E-state index is 0.276. The number of rotatable bonds is 5. The van der Waals surface area contributed by atoms with Crippen LogP contribution in [0.5, 0.6) is 0 Å². The summed E-state index contributed by atoms with van der Waals surface area (Å²) in [5.74, 6) is 0.271. The average Bonchev–Trinajstić information content (AvgIpc) is 2.61. The lowest BCUT2D eigenvalue weighted by atomic mass is 10.1. The van der Waals surface area contributed by atoms with E-state index < -0.39 is 5.54 Å². The molecule has 1 aromatic rings. The first-order chi connectivity index (χ1) is 7.91. The van der Waals surface area contributed by atoms with Gasteiger partial charge in [-0.1, -0.05) is 5.16 Å². The first-order valence-corrected chi connectivity index (χ1v) is 5.38. The first kappa shape index (κ1) is 13.7. The van der Waals surface area contributed by atoms with Crippen LogP contribution in [0.15, 0.2) is 4.52 Å². The maximum atomic E-state index is 11.9. The topological polar surface area (TPSA) is 90.4 Å². The van der Waals surface area contributed by atoms with E-state index in [1.54, 1.807) is 14.0 Å². The monoisotopic (exact) mass is 241 g/mol. The van der Waals surface area contributed by atoms with Gasteiger partial charge in [0.1, 0.15) is 6.61 Å². The zero-order chi connectivity index (χ0) is 13.1. The van der Waals surface area contributed by atoms with Crippen LogP contribution < -0.4 is 11.1 Å². The van der Waals surface area contributed by atoms with E-state index in [0.717, 1.165) is 0 Å².